The van der Waals surface area contributed by atoms with Gasteiger partial charge >= 0.3 is 5.97 Å². The standard InChI is InChI=1S/C18H19ClO5/c1-2-23-17(22)16(21)14-15(20)12-7-6-11(19)10-13(12)24-18(14)8-4-3-5-9-18/h6-7,10,14H,2-5,8-9H2,1H3. The van der Waals surface area contributed by atoms with Gasteiger partial charge in [-0.2, -0.15) is 0 Å². The Bertz CT molecular complexity index is 691. The van der Waals surface area contributed by atoms with Crippen LogP contribution in [0.3, 0.4) is 0 Å². The molecule has 1 aromatic carbocycles. The second-order valence-electron chi connectivity index (χ2n) is 6.25. The van der Waals surface area contributed by atoms with Crippen molar-refractivity contribution in [2.75, 3.05) is 6.61 Å². The van der Waals surface area contributed by atoms with Crippen molar-refractivity contribution >= 4 is 29.1 Å². The number of ether oxygens (including phenoxy) is 2. The van der Waals surface area contributed by atoms with Crippen LogP contribution in [-0.4, -0.2) is 29.7 Å². The lowest BCUT2D eigenvalue weighted by Gasteiger charge is -2.45. The van der Waals surface area contributed by atoms with Gasteiger partial charge in [-0.15, -0.1) is 0 Å². The number of hydrogen-bond acceptors (Lipinski definition) is 5. The molecule has 1 aliphatic heterocycles. The summed E-state index contributed by atoms with van der Waals surface area (Å²) >= 11 is 6.01. The number of fused-ring (bicyclic) bond motifs is 1. The third-order valence-corrected chi connectivity index (χ3v) is 4.98. The molecule has 1 aliphatic carbocycles. The zero-order valence-electron chi connectivity index (χ0n) is 13.5. The quantitative estimate of drug-likeness (QED) is 0.475. The summed E-state index contributed by atoms with van der Waals surface area (Å²) < 4.78 is 11.0. The molecule has 1 spiro atoms. The van der Waals surface area contributed by atoms with E-state index in [1.165, 1.54) is 0 Å². The lowest BCUT2D eigenvalue weighted by molar-refractivity contribution is -0.158. The molecule has 0 aromatic heterocycles. The highest BCUT2D eigenvalue weighted by molar-refractivity contribution is 6.40. The molecule has 6 heteroatoms. The van der Waals surface area contributed by atoms with E-state index in [0.717, 1.165) is 19.3 Å². The van der Waals surface area contributed by atoms with Crippen molar-refractivity contribution in [3.8, 4) is 5.75 Å². The number of hydrogen-bond donors (Lipinski definition) is 0. The average molecular weight is 351 g/mol. The fourth-order valence-electron chi connectivity index (χ4n) is 3.68. The first kappa shape index (κ1) is 17.0. The van der Waals surface area contributed by atoms with Crippen LogP contribution in [0.2, 0.25) is 5.02 Å². The maximum atomic E-state index is 13.0. The molecule has 1 atom stereocenters. The van der Waals surface area contributed by atoms with Crippen LogP contribution in [0.1, 0.15) is 49.4 Å². The topological polar surface area (TPSA) is 69.7 Å². The van der Waals surface area contributed by atoms with Crippen LogP contribution >= 0.6 is 11.6 Å². The summed E-state index contributed by atoms with van der Waals surface area (Å²) in [6, 6.07) is 4.71. The zero-order valence-corrected chi connectivity index (χ0v) is 14.2. The van der Waals surface area contributed by atoms with Gasteiger partial charge in [0.25, 0.3) is 5.78 Å². The maximum Gasteiger partial charge on any atom is 0.375 e. The van der Waals surface area contributed by atoms with E-state index in [9.17, 15) is 14.4 Å². The van der Waals surface area contributed by atoms with Gasteiger partial charge < -0.3 is 9.47 Å². The van der Waals surface area contributed by atoms with Crippen LogP contribution in [0, 0.1) is 5.92 Å². The molecule has 1 heterocycles. The van der Waals surface area contributed by atoms with Crippen molar-refractivity contribution in [3.05, 3.63) is 28.8 Å². The van der Waals surface area contributed by atoms with Crippen molar-refractivity contribution in [1.82, 2.24) is 0 Å². The van der Waals surface area contributed by atoms with Gasteiger partial charge in [-0.1, -0.05) is 18.0 Å². The maximum absolute atomic E-state index is 13.0. The Morgan fingerprint density at radius 1 is 1.29 bits per heavy atom. The molecule has 0 radical (unpaired) electrons. The fourth-order valence-corrected chi connectivity index (χ4v) is 3.84. The molecule has 5 nitrogen and oxygen atoms in total. The molecule has 1 saturated carbocycles. The minimum Gasteiger partial charge on any atom is -0.485 e. The normalized spacial score (nSPS) is 21.8. The Balaban J connectivity index is 2.06. The smallest absolute Gasteiger partial charge is 0.375 e. The van der Waals surface area contributed by atoms with Crippen LogP contribution in [-0.2, 0) is 14.3 Å². The number of ketones is 2. The van der Waals surface area contributed by atoms with E-state index in [0.29, 0.717) is 29.2 Å². The first-order valence-electron chi connectivity index (χ1n) is 8.22. The van der Waals surface area contributed by atoms with Crippen molar-refractivity contribution < 1.29 is 23.9 Å². The second-order valence-corrected chi connectivity index (χ2v) is 6.69. The van der Waals surface area contributed by atoms with Crippen LogP contribution in [0.25, 0.3) is 0 Å². The van der Waals surface area contributed by atoms with Gasteiger partial charge in [0.1, 0.15) is 17.3 Å². The molecule has 24 heavy (non-hydrogen) atoms. The molecule has 1 unspecified atom stereocenters. The number of halogens is 1. The Kier molecular flexibility index (Phi) is 4.63. The summed E-state index contributed by atoms with van der Waals surface area (Å²) in [5.74, 6) is -2.92. The van der Waals surface area contributed by atoms with Gasteiger partial charge in [0.05, 0.1) is 12.2 Å². The van der Waals surface area contributed by atoms with E-state index in [4.69, 9.17) is 21.1 Å². The molecule has 1 aromatic rings. The largest absolute Gasteiger partial charge is 0.485 e. The molecule has 0 saturated heterocycles. The summed E-state index contributed by atoms with van der Waals surface area (Å²) in [5, 5.41) is 0.461. The van der Waals surface area contributed by atoms with Crippen LogP contribution in [0.15, 0.2) is 18.2 Å². The molecule has 0 bridgehead atoms. The number of benzene rings is 1. The predicted octanol–water partition coefficient (Wildman–Crippen LogP) is 3.37. The van der Waals surface area contributed by atoms with Crippen molar-refractivity contribution in [2.24, 2.45) is 5.92 Å². The number of carbonyl (C=O) groups is 3. The zero-order chi connectivity index (χ0) is 17.3. The summed E-state index contributed by atoms with van der Waals surface area (Å²) in [4.78, 5) is 37.6. The highest BCUT2D eigenvalue weighted by Gasteiger charge is 2.55. The monoisotopic (exact) mass is 350 g/mol. The summed E-state index contributed by atoms with van der Waals surface area (Å²) in [6.07, 6.45) is 3.81. The third kappa shape index (κ3) is 2.81. The lowest BCUT2D eigenvalue weighted by Crippen LogP contribution is -2.56. The number of carbonyl (C=O) groups excluding carboxylic acids is 3. The van der Waals surface area contributed by atoms with Crippen molar-refractivity contribution in [3.63, 3.8) is 0 Å². The van der Waals surface area contributed by atoms with Crippen LogP contribution in [0.4, 0.5) is 0 Å². The molecule has 0 amide bonds. The molecular weight excluding hydrogens is 332 g/mol. The number of rotatable bonds is 3. The van der Waals surface area contributed by atoms with Gasteiger partial charge in [0.15, 0.2) is 5.78 Å². The van der Waals surface area contributed by atoms with Crippen LogP contribution < -0.4 is 4.74 Å². The van der Waals surface area contributed by atoms with E-state index in [1.807, 2.05) is 0 Å². The molecule has 2 aliphatic rings. The molecule has 1 fully saturated rings. The van der Waals surface area contributed by atoms with Gasteiger partial charge in [0, 0.05) is 5.02 Å². The van der Waals surface area contributed by atoms with E-state index in [1.54, 1.807) is 25.1 Å². The van der Waals surface area contributed by atoms with Gasteiger partial charge in [-0.3, -0.25) is 9.59 Å². The minimum absolute atomic E-state index is 0.0888. The highest BCUT2D eigenvalue weighted by Crippen LogP contribution is 2.46. The Labute approximate surface area is 145 Å². The van der Waals surface area contributed by atoms with Gasteiger partial charge in [0.2, 0.25) is 0 Å². The molecule has 128 valence electrons. The predicted molar refractivity (Wildman–Crippen MR) is 87.4 cm³/mol. The third-order valence-electron chi connectivity index (χ3n) is 4.75. The summed E-state index contributed by atoms with van der Waals surface area (Å²) in [7, 11) is 0. The van der Waals surface area contributed by atoms with Crippen molar-refractivity contribution in [1.29, 1.82) is 0 Å². The first-order chi connectivity index (χ1) is 11.5. The van der Waals surface area contributed by atoms with E-state index >= 15 is 0 Å². The van der Waals surface area contributed by atoms with Gasteiger partial charge in [-0.05, 0) is 50.8 Å². The Hall–Kier alpha value is -1.88. The Morgan fingerprint density at radius 2 is 2.00 bits per heavy atom. The lowest BCUT2D eigenvalue weighted by atomic mass is 9.69. The fraction of sp³-hybridized carbons (Fsp3) is 0.500. The van der Waals surface area contributed by atoms with E-state index in [2.05, 4.69) is 0 Å². The van der Waals surface area contributed by atoms with E-state index in [-0.39, 0.29) is 12.4 Å². The molecular formula is C18H19ClO5. The van der Waals surface area contributed by atoms with Gasteiger partial charge in [-0.25, -0.2) is 4.79 Å². The Morgan fingerprint density at radius 3 is 2.67 bits per heavy atom. The number of Topliss-reactive ketones (excluding diaryl/α,β-unsaturated/α-hetero) is 2. The molecule has 3 rings (SSSR count). The SMILES string of the molecule is CCOC(=O)C(=O)C1C(=O)c2ccc(Cl)cc2OC12CCCCC2. The van der Waals surface area contributed by atoms with Crippen LogP contribution in [0.5, 0.6) is 5.75 Å². The summed E-state index contributed by atoms with van der Waals surface area (Å²) in [6.45, 7) is 1.71. The van der Waals surface area contributed by atoms with E-state index < -0.39 is 23.3 Å². The first-order valence-corrected chi connectivity index (χ1v) is 8.60. The number of esters is 1. The molecule has 0 N–H and O–H groups in total. The highest BCUT2D eigenvalue weighted by atomic mass is 35.5. The average Bonchev–Trinajstić information content (AvgIpc) is 2.55. The minimum atomic E-state index is -1.15. The van der Waals surface area contributed by atoms with Crippen molar-refractivity contribution in [2.45, 2.75) is 44.6 Å². The summed E-state index contributed by atoms with van der Waals surface area (Å²) in [5.41, 5.74) is -0.685. The second kappa shape index (κ2) is 6.55.